The Hall–Kier alpha value is -3.50. The highest BCUT2D eigenvalue weighted by Gasteiger charge is 2.22. The van der Waals surface area contributed by atoms with E-state index in [0.29, 0.717) is 11.3 Å². The van der Waals surface area contributed by atoms with Crippen molar-refractivity contribution in [3.05, 3.63) is 88.2 Å². The molecule has 0 amide bonds. The van der Waals surface area contributed by atoms with Crippen molar-refractivity contribution in [3.63, 3.8) is 0 Å². The van der Waals surface area contributed by atoms with Crippen molar-refractivity contribution in [1.29, 1.82) is 0 Å². The second kappa shape index (κ2) is 9.33. The molecular weight excluding hydrogens is 410 g/mol. The Labute approximate surface area is 173 Å². The molecule has 1 aromatic heterocycles. The van der Waals surface area contributed by atoms with Crippen LogP contribution in [-0.2, 0) is 23.2 Å². The Morgan fingerprint density at radius 1 is 1.10 bits per heavy atom. The first kappa shape index (κ1) is 21.2. The van der Waals surface area contributed by atoms with E-state index < -0.39 is 14.9 Å². The van der Waals surface area contributed by atoms with Gasteiger partial charge in [0.15, 0.2) is 0 Å². The van der Waals surface area contributed by atoms with Crippen molar-refractivity contribution in [2.24, 2.45) is 0 Å². The second-order valence-corrected chi connectivity index (χ2v) is 7.91. The van der Waals surface area contributed by atoms with E-state index in [-0.39, 0.29) is 29.5 Å². The molecular formula is C20H19N3O6S. The minimum absolute atomic E-state index is 0.00324. The first-order valence-electron chi connectivity index (χ1n) is 8.83. The number of non-ortho nitro benzene ring substituents is 1. The van der Waals surface area contributed by atoms with Gasteiger partial charge in [-0.1, -0.05) is 18.2 Å². The molecule has 156 valence electrons. The summed E-state index contributed by atoms with van der Waals surface area (Å²) in [4.78, 5) is 14.3. The number of pyridine rings is 1. The summed E-state index contributed by atoms with van der Waals surface area (Å²) in [6, 6.07) is 15.8. The van der Waals surface area contributed by atoms with Gasteiger partial charge in [-0.25, -0.2) is 13.1 Å². The summed E-state index contributed by atoms with van der Waals surface area (Å²) in [5.41, 5.74) is 1.19. The van der Waals surface area contributed by atoms with Gasteiger partial charge >= 0.3 is 0 Å². The molecule has 0 saturated carbocycles. The third-order valence-electron chi connectivity index (χ3n) is 4.13. The van der Waals surface area contributed by atoms with E-state index in [9.17, 15) is 18.5 Å². The lowest BCUT2D eigenvalue weighted by Gasteiger charge is -2.11. The van der Waals surface area contributed by atoms with Crippen molar-refractivity contribution in [1.82, 2.24) is 9.71 Å². The van der Waals surface area contributed by atoms with Crippen LogP contribution in [0, 0.1) is 10.1 Å². The van der Waals surface area contributed by atoms with Crippen LogP contribution in [0.25, 0.3) is 0 Å². The van der Waals surface area contributed by atoms with Gasteiger partial charge in [0, 0.05) is 18.8 Å². The van der Waals surface area contributed by atoms with E-state index in [1.54, 1.807) is 30.5 Å². The molecule has 2 aromatic carbocycles. The van der Waals surface area contributed by atoms with Crippen LogP contribution in [0.3, 0.4) is 0 Å². The molecule has 0 fully saturated rings. The quantitative estimate of drug-likeness (QED) is 0.410. The molecule has 1 N–H and O–H groups in total. The summed E-state index contributed by atoms with van der Waals surface area (Å²) < 4.78 is 38.5. The molecule has 30 heavy (non-hydrogen) atoms. The largest absolute Gasteiger partial charge is 0.495 e. The molecule has 0 aliphatic carbocycles. The number of nitrogens with one attached hydrogen (secondary N) is 1. The van der Waals surface area contributed by atoms with Crippen molar-refractivity contribution in [2.75, 3.05) is 7.11 Å². The van der Waals surface area contributed by atoms with Crippen LogP contribution < -0.4 is 14.2 Å². The topological polar surface area (TPSA) is 121 Å². The van der Waals surface area contributed by atoms with Crippen molar-refractivity contribution in [3.8, 4) is 11.5 Å². The number of hydrogen-bond donors (Lipinski definition) is 1. The molecule has 0 bridgehead atoms. The van der Waals surface area contributed by atoms with Gasteiger partial charge in [0.05, 0.1) is 23.8 Å². The molecule has 10 heteroatoms. The third-order valence-corrected chi connectivity index (χ3v) is 5.57. The molecule has 1 heterocycles. The van der Waals surface area contributed by atoms with Gasteiger partial charge in [0.25, 0.3) is 5.69 Å². The van der Waals surface area contributed by atoms with Gasteiger partial charge in [-0.3, -0.25) is 15.1 Å². The number of rotatable bonds is 9. The molecule has 0 atom stereocenters. The highest BCUT2D eigenvalue weighted by molar-refractivity contribution is 7.89. The van der Waals surface area contributed by atoms with Crippen LogP contribution in [0.2, 0.25) is 0 Å². The van der Waals surface area contributed by atoms with Crippen LogP contribution in [0.1, 0.15) is 11.3 Å². The summed E-state index contributed by atoms with van der Waals surface area (Å²) in [6.45, 7) is 0.291. The number of ether oxygens (including phenoxy) is 2. The number of sulfonamides is 1. The lowest BCUT2D eigenvalue weighted by Crippen LogP contribution is -2.23. The van der Waals surface area contributed by atoms with Gasteiger partial charge in [-0.2, -0.15) is 0 Å². The Kier molecular flexibility index (Phi) is 6.60. The maximum atomic E-state index is 12.7. The van der Waals surface area contributed by atoms with Crippen molar-refractivity contribution < 1.29 is 22.8 Å². The van der Waals surface area contributed by atoms with Crippen LogP contribution >= 0.6 is 0 Å². The molecule has 0 aliphatic rings. The molecule has 3 aromatic rings. The number of methoxy groups -OCH3 is 1. The number of nitro benzene ring substituents is 1. The van der Waals surface area contributed by atoms with E-state index in [1.165, 1.54) is 7.11 Å². The zero-order valence-corrected chi connectivity index (χ0v) is 16.8. The van der Waals surface area contributed by atoms with Crippen LogP contribution in [0.5, 0.6) is 11.5 Å². The first-order chi connectivity index (χ1) is 14.4. The fourth-order valence-corrected chi connectivity index (χ4v) is 3.80. The van der Waals surface area contributed by atoms with E-state index in [1.807, 2.05) is 18.2 Å². The Morgan fingerprint density at radius 2 is 1.93 bits per heavy atom. The summed E-state index contributed by atoms with van der Waals surface area (Å²) in [5, 5.41) is 10.9. The maximum absolute atomic E-state index is 12.7. The van der Waals surface area contributed by atoms with Crippen molar-refractivity contribution in [2.45, 2.75) is 18.0 Å². The van der Waals surface area contributed by atoms with Gasteiger partial charge in [0.2, 0.25) is 10.0 Å². The van der Waals surface area contributed by atoms with Crippen molar-refractivity contribution >= 4 is 15.7 Å². The summed E-state index contributed by atoms with van der Waals surface area (Å²) in [6.07, 6.45) is 1.68. The SMILES string of the molecule is COc1cc([N+](=O)[O-])ccc1S(=O)(=O)NCc1cccc(OCc2ccccn2)c1. The van der Waals surface area contributed by atoms with Gasteiger partial charge in [-0.15, -0.1) is 0 Å². The number of aromatic nitrogens is 1. The number of hydrogen-bond acceptors (Lipinski definition) is 7. The normalized spacial score (nSPS) is 11.1. The Bertz CT molecular complexity index is 1140. The monoisotopic (exact) mass is 429 g/mol. The first-order valence-corrected chi connectivity index (χ1v) is 10.3. The fraction of sp³-hybridized carbons (Fsp3) is 0.150. The predicted octanol–water partition coefficient (Wildman–Crippen LogP) is 3.06. The minimum atomic E-state index is -3.96. The maximum Gasteiger partial charge on any atom is 0.273 e. The lowest BCUT2D eigenvalue weighted by atomic mass is 10.2. The van der Waals surface area contributed by atoms with E-state index >= 15 is 0 Å². The van der Waals surface area contributed by atoms with Gasteiger partial charge in [-0.05, 0) is 35.9 Å². The van der Waals surface area contributed by atoms with Crippen LogP contribution in [-0.4, -0.2) is 25.4 Å². The van der Waals surface area contributed by atoms with Gasteiger partial charge in [0.1, 0.15) is 23.0 Å². The smallest absolute Gasteiger partial charge is 0.273 e. The number of benzene rings is 2. The highest BCUT2D eigenvalue weighted by Crippen LogP contribution is 2.28. The predicted molar refractivity (Wildman–Crippen MR) is 109 cm³/mol. The summed E-state index contributed by atoms with van der Waals surface area (Å²) >= 11 is 0. The number of nitro groups is 1. The average molecular weight is 429 g/mol. The molecule has 0 saturated heterocycles. The van der Waals surface area contributed by atoms with Crippen LogP contribution in [0.4, 0.5) is 5.69 Å². The molecule has 3 rings (SSSR count). The zero-order valence-electron chi connectivity index (χ0n) is 16.0. The molecule has 0 radical (unpaired) electrons. The average Bonchev–Trinajstić information content (AvgIpc) is 2.77. The molecule has 0 unspecified atom stereocenters. The summed E-state index contributed by atoms with van der Waals surface area (Å²) in [7, 11) is -2.71. The Balaban J connectivity index is 1.69. The summed E-state index contributed by atoms with van der Waals surface area (Å²) in [5.74, 6) is 0.467. The van der Waals surface area contributed by atoms with E-state index in [0.717, 1.165) is 23.9 Å². The molecule has 0 spiro atoms. The molecule has 9 nitrogen and oxygen atoms in total. The van der Waals surface area contributed by atoms with Crippen LogP contribution in [0.15, 0.2) is 71.8 Å². The Morgan fingerprint density at radius 3 is 2.63 bits per heavy atom. The zero-order chi connectivity index (χ0) is 21.6. The molecule has 0 aliphatic heterocycles. The lowest BCUT2D eigenvalue weighted by molar-refractivity contribution is -0.385. The second-order valence-electron chi connectivity index (χ2n) is 6.17. The fourth-order valence-electron chi connectivity index (χ4n) is 2.63. The third kappa shape index (κ3) is 5.31. The highest BCUT2D eigenvalue weighted by atomic mass is 32.2. The van der Waals surface area contributed by atoms with Gasteiger partial charge < -0.3 is 9.47 Å². The standard InChI is InChI=1S/C20H19N3O6S/c1-28-19-12-17(23(24)25)8-9-20(19)30(26,27)22-13-15-5-4-7-18(11-15)29-14-16-6-2-3-10-21-16/h2-12,22H,13-14H2,1H3. The minimum Gasteiger partial charge on any atom is -0.495 e. The van der Waals surface area contributed by atoms with E-state index in [2.05, 4.69) is 9.71 Å². The van der Waals surface area contributed by atoms with E-state index in [4.69, 9.17) is 9.47 Å². The number of nitrogens with zero attached hydrogens (tertiary/aromatic N) is 2.